The van der Waals surface area contributed by atoms with Crippen LogP contribution in [0.15, 0.2) is 0 Å². The molecule has 0 aromatic rings. The summed E-state index contributed by atoms with van der Waals surface area (Å²) in [4.78, 5) is 11.8. The Kier molecular flexibility index (Phi) is 3.97. The molecule has 1 amide bonds. The molecule has 0 saturated carbocycles. The predicted molar refractivity (Wildman–Crippen MR) is 64.3 cm³/mol. The third-order valence-electron chi connectivity index (χ3n) is 2.63. The second-order valence-electron chi connectivity index (χ2n) is 6.15. The van der Waals surface area contributed by atoms with E-state index in [-0.39, 0.29) is 22.9 Å². The summed E-state index contributed by atoms with van der Waals surface area (Å²) in [6.07, 6.45) is 0. The van der Waals surface area contributed by atoms with E-state index >= 15 is 0 Å². The van der Waals surface area contributed by atoms with Crippen molar-refractivity contribution in [2.75, 3.05) is 19.8 Å². The number of rotatable bonds is 4. The molecule has 0 aliphatic carbocycles. The molecule has 1 rings (SSSR count). The molecular weight excluding hydrogens is 204 g/mol. The van der Waals surface area contributed by atoms with Crippen LogP contribution in [0.5, 0.6) is 0 Å². The number of hydrogen-bond donors (Lipinski definition) is 2. The lowest BCUT2D eigenvalue weighted by Crippen LogP contribution is -2.54. The summed E-state index contributed by atoms with van der Waals surface area (Å²) in [5.74, 6) is 0.0522. The van der Waals surface area contributed by atoms with Crippen molar-refractivity contribution in [3.8, 4) is 0 Å². The first-order valence-electron chi connectivity index (χ1n) is 5.85. The maximum atomic E-state index is 11.8. The predicted octanol–water partition coefficient (Wildman–Crippen LogP) is 0.916. The van der Waals surface area contributed by atoms with Crippen LogP contribution in [-0.4, -0.2) is 37.2 Å². The van der Waals surface area contributed by atoms with E-state index in [1.54, 1.807) is 0 Å². The van der Waals surface area contributed by atoms with Gasteiger partial charge in [0, 0.05) is 17.5 Å². The van der Waals surface area contributed by atoms with E-state index in [0.717, 1.165) is 19.8 Å². The van der Waals surface area contributed by atoms with Crippen LogP contribution in [0.3, 0.4) is 0 Å². The molecule has 0 radical (unpaired) electrons. The van der Waals surface area contributed by atoms with Crippen molar-refractivity contribution in [2.24, 2.45) is 5.41 Å². The van der Waals surface area contributed by atoms with E-state index in [1.165, 1.54) is 0 Å². The molecule has 2 N–H and O–H groups in total. The average molecular weight is 228 g/mol. The van der Waals surface area contributed by atoms with Crippen molar-refractivity contribution in [1.82, 2.24) is 10.6 Å². The normalized spacial score (nSPS) is 21.1. The Morgan fingerprint density at radius 1 is 1.44 bits per heavy atom. The molecule has 1 unspecified atom stereocenters. The Bertz CT molecular complexity index is 254. The fourth-order valence-electron chi connectivity index (χ4n) is 1.52. The summed E-state index contributed by atoms with van der Waals surface area (Å²) in [6.45, 7) is 12.4. The van der Waals surface area contributed by atoms with Gasteiger partial charge in [-0.05, 0) is 27.7 Å². The second kappa shape index (κ2) is 4.72. The lowest BCUT2D eigenvalue weighted by molar-refractivity contribution is -0.125. The highest BCUT2D eigenvalue weighted by molar-refractivity contribution is 5.81. The molecule has 0 aromatic carbocycles. The average Bonchev–Trinajstić information content (AvgIpc) is 2.08. The summed E-state index contributed by atoms with van der Waals surface area (Å²) >= 11 is 0. The van der Waals surface area contributed by atoms with Crippen molar-refractivity contribution in [3.63, 3.8) is 0 Å². The smallest absolute Gasteiger partial charge is 0.237 e. The molecule has 1 fully saturated rings. The van der Waals surface area contributed by atoms with Crippen LogP contribution in [0.25, 0.3) is 0 Å². The first-order valence-corrected chi connectivity index (χ1v) is 5.85. The van der Waals surface area contributed by atoms with Gasteiger partial charge >= 0.3 is 0 Å². The van der Waals surface area contributed by atoms with Crippen molar-refractivity contribution in [1.29, 1.82) is 0 Å². The van der Waals surface area contributed by atoms with E-state index in [0.29, 0.717) is 0 Å². The molecular formula is C12H24N2O2. The van der Waals surface area contributed by atoms with Crippen molar-refractivity contribution in [3.05, 3.63) is 0 Å². The van der Waals surface area contributed by atoms with Crippen molar-refractivity contribution in [2.45, 2.75) is 46.2 Å². The lowest BCUT2D eigenvalue weighted by atomic mass is 9.88. The van der Waals surface area contributed by atoms with Gasteiger partial charge in [0.1, 0.15) is 0 Å². The maximum Gasteiger partial charge on any atom is 0.237 e. The summed E-state index contributed by atoms with van der Waals surface area (Å²) in [6, 6.07) is -0.156. The maximum absolute atomic E-state index is 11.8. The van der Waals surface area contributed by atoms with Crippen LogP contribution in [0, 0.1) is 5.41 Å². The van der Waals surface area contributed by atoms with Crippen LogP contribution in [0.1, 0.15) is 34.6 Å². The molecule has 0 spiro atoms. The highest BCUT2D eigenvalue weighted by atomic mass is 16.5. The lowest BCUT2D eigenvalue weighted by Gasteiger charge is -2.39. The van der Waals surface area contributed by atoms with Crippen LogP contribution < -0.4 is 10.6 Å². The number of amides is 1. The summed E-state index contributed by atoms with van der Waals surface area (Å²) in [7, 11) is 0. The molecule has 16 heavy (non-hydrogen) atoms. The summed E-state index contributed by atoms with van der Waals surface area (Å²) in [5, 5.41) is 6.21. The molecule has 94 valence electrons. The minimum absolute atomic E-state index is 0.0522. The van der Waals surface area contributed by atoms with E-state index in [1.807, 2.05) is 27.7 Å². The number of ether oxygens (including phenoxy) is 1. The van der Waals surface area contributed by atoms with Gasteiger partial charge in [0.2, 0.25) is 5.91 Å². The molecule has 4 nitrogen and oxygen atoms in total. The fraction of sp³-hybridized carbons (Fsp3) is 0.917. The van der Waals surface area contributed by atoms with Gasteiger partial charge in [0.25, 0.3) is 0 Å². The summed E-state index contributed by atoms with van der Waals surface area (Å²) in [5.41, 5.74) is 0.0345. The van der Waals surface area contributed by atoms with E-state index in [9.17, 15) is 4.79 Å². The monoisotopic (exact) mass is 228 g/mol. The Balaban J connectivity index is 2.29. The number of hydrogen-bond acceptors (Lipinski definition) is 3. The zero-order valence-corrected chi connectivity index (χ0v) is 11.0. The quantitative estimate of drug-likeness (QED) is 0.752. The fourth-order valence-corrected chi connectivity index (χ4v) is 1.52. The Hall–Kier alpha value is -0.610. The molecule has 1 atom stereocenters. The minimum atomic E-state index is -0.170. The third kappa shape index (κ3) is 4.10. The van der Waals surface area contributed by atoms with Gasteiger partial charge in [-0.1, -0.05) is 6.92 Å². The molecule has 0 bridgehead atoms. The SMILES string of the molecule is CC(NCC1(C)COC1)C(=O)NC(C)(C)C. The van der Waals surface area contributed by atoms with Crippen LogP contribution in [0.2, 0.25) is 0 Å². The zero-order chi connectivity index (χ0) is 12.4. The largest absolute Gasteiger partial charge is 0.380 e. The van der Waals surface area contributed by atoms with Crippen LogP contribution >= 0.6 is 0 Å². The highest BCUT2D eigenvalue weighted by Gasteiger charge is 2.33. The van der Waals surface area contributed by atoms with Crippen LogP contribution in [-0.2, 0) is 9.53 Å². The van der Waals surface area contributed by atoms with Gasteiger partial charge in [-0.15, -0.1) is 0 Å². The van der Waals surface area contributed by atoms with Crippen molar-refractivity contribution < 1.29 is 9.53 Å². The van der Waals surface area contributed by atoms with Gasteiger partial charge in [-0.3, -0.25) is 4.79 Å². The topological polar surface area (TPSA) is 50.4 Å². The number of nitrogens with one attached hydrogen (secondary N) is 2. The standard InChI is InChI=1S/C12H24N2O2/c1-9(10(15)14-11(2,3)4)13-6-12(5)7-16-8-12/h9,13H,6-8H2,1-5H3,(H,14,15). The molecule has 0 aromatic heterocycles. The molecule has 1 aliphatic rings. The first kappa shape index (κ1) is 13.5. The van der Waals surface area contributed by atoms with Crippen molar-refractivity contribution >= 4 is 5.91 Å². The molecule has 1 saturated heterocycles. The number of carbonyl (C=O) groups excluding carboxylic acids is 1. The zero-order valence-electron chi connectivity index (χ0n) is 11.0. The Labute approximate surface area is 98.1 Å². The molecule has 1 aliphatic heterocycles. The number of carbonyl (C=O) groups is 1. The van der Waals surface area contributed by atoms with Gasteiger partial charge < -0.3 is 15.4 Å². The first-order chi connectivity index (χ1) is 7.22. The van der Waals surface area contributed by atoms with Crippen LogP contribution in [0.4, 0.5) is 0 Å². The Morgan fingerprint density at radius 2 is 2.00 bits per heavy atom. The highest BCUT2D eigenvalue weighted by Crippen LogP contribution is 2.25. The van der Waals surface area contributed by atoms with Gasteiger partial charge in [0.05, 0.1) is 19.3 Å². The van der Waals surface area contributed by atoms with Gasteiger partial charge in [-0.25, -0.2) is 0 Å². The molecule has 1 heterocycles. The summed E-state index contributed by atoms with van der Waals surface area (Å²) < 4.78 is 5.17. The van der Waals surface area contributed by atoms with E-state index < -0.39 is 0 Å². The van der Waals surface area contributed by atoms with E-state index in [2.05, 4.69) is 17.6 Å². The minimum Gasteiger partial charge on any atom is -0.380 e. The molecule has 4 heteroatoms. The van der Waals surface area contributed by atoms with Gasteiger partial charge in [-0.2, -0.15) is 0 Å². The Morgan fingerprint density at radius 3 is 2.38 bits per heavy atom. The third-order valence-corrected chi connectivity index (χ3v) is 2.63. The van der Waals surface area contributed by atoms with Gasteiger partial charge in [0.15, 0.2) is 0 Å². The second-order valence-corrected chi connectivity index (χ2v) is 6.15. The van der Waals surface area contributed by atoms with E-state index in [4.69, 9.17) is 4.74 Å².